The Bertz CT molecular complexity index is 873. The van der Waals surface area contributed by atoms with Crippen molar-refractivity contribution in [2.24, 2.45) is 5.41 Å². The monoisotopic (exact) mass is 386 g/mol. The molecule has 0 aromatic heterocycles. The Labute approximate surface area is 166 Å². The van der Waals surface area contributed by atoms with Crippen molar-refractivity contribution in [2.45, 2.75) is 47.0 Å². The number of esters is 1. The SMILES string of the molecule is [C-]#[N+]C1=C(C)NC(C)=C(C(=O)OCCC(C)(C)C)C1c1ccc(F)cc1OC. The van der Waals surface area contributed by atoms with E-state index in [0.29, 0.717) is 34.6 Å². The predicted molar refractivity (Wildman–Crippen MR) is 106 cm³/mol. The summed E-state index contributed by atoms with van der Waals surface area (Å²) in [6, 6.07) is 4.11. The van der Waals surface area contributed by atoms with Crippen molar-refractivity contribution in [3.8, 4) is 5.75 Å². The Morgan fingerprint density at radius 3 is 2.54 bits per heavy atom. The largest absolute Gasteiger partial charge is 0.496 e. The number of methoxy groups -OCH3 is 1. The van der Waals surface area contributed by atoms with Crippen molar-refractivity contribution in [2.75, 3.05) is 13.7 Å². The van der Waals surface area contributed by atoms with Gasteiger partial charge in [0, 0.05) is 17.5 Å². The first-order valence-electron chi connectivity index (χ1n) is 9.15. The van der Waals surface area contributed by atoms with E-state index in [2.05, 4.69) is 30.9 Å². The molecule has 1 aromatic rings. The topological polar surface area (TPSA) is 51.9 Å². The van der Waals surface area contributed by atoms with Crippen LogP contribution in [0.25, 0.3) is 4.85 Å². The van der Waals surface area contributed by atoms with Crippen molar-refractivity contribution in [3.05, 3.63) is 63.7 Å². The van der Waals surface area contributed by atoms with E-state index in [1.54, 1.807) is 19.9 Å². The Morgan fingerprint density at radius 1 is 1.29 bits per heavy atom. The van der Waals surface area contributed by atoms with Gasteiger partial charge < -0.3 is 14.8 Å². The number of dihydropyridines is 1. The van der Waals surface area contributed by atoms with Gasteiger partial charge in [-0.15, -0.1) is 0 Å². The molecule has 0 saturated heterocycles. The molecular formula is C22H27FN2O3. The highest BCUT2D eigenvalue weighted by molar-refractivity contribution is 5.93. The minimum Gasteiger partial charge on any atom is -0.496 e. The van der Waals surface area contributed by atoms with Gasteiger partial charge in [0.05, 0.1) is 31.8 Å². The maximum atomic E-state index is 13.7. The third-order valence-corrected chi connectivity index (χ3v) is 4.66. The van der Waals surface area contributed by atoms with E-state index in [9.17, 15) is 9.18 Å². The quantitative estimate of drug-likeness (QED) is 0.576. The second kappa shape index (κ2) is 8.47. The highest BCUT2D eigenvalue weighted by Gasteiger charge is 2.36. The fourth-order valence-corrected chi connectivity index (χ4v) is 3.16. The number of allylic oxidation sites excluding steroid dienone is 3. The molecule has 0 bridgehead atoms. The van der Waals surface area contributed by atoms with Gasteiger partial charge in [-0.2, -0.15) is 0 Å². The van der Waals surface area contributed by atoms with Crippen LogP contribution >= 0.6 is 0 Å². The second-order valence-electron chi connectivity index (χ2n) is 8.05. The average molecular weight is 386 g/mol. The molecule has 1 aliphatic heterocycles. The molecule has 150 valence electrons. The molecule has 5 nitrogen and oxygen atoms in total. The van der Waals surface area contributed by atoms with Crippen LogP contribution < -0.4 is 10.1 Å². The van der Waals surface area contributed by atoms with Crippen LogP contribution in [0.1, 0.15) is 52.5 Å². The molecule has 0 amide bonds. The van der Waals surface area contributed by atoms with Gasteiger partial charge in [-0.05, 0) is 37.3 Å². The van der Waals surface area contributed by atoms with Crippen LogP contribution in [0.3, 0.4) is 0 Å². The Balaban J connectivity index is 2.49. The minimum absolute atomic E-state index is 0.0340. The molecule has 1 aliphatic rings. The zero-order valence-corrected chi connectivity index (χ0v) is 17.3. The number of carbonyl (C=O) groups excluding carboxylic acids is 1. The number of hydrogen-bond donors (Lipinski definition) is 1. The minimum atomic E-state index is -0.684. The summed E-state index contributed by atoms with van der Waals surface area (Å²) < 4.78 is 24.6. The van der Waals surface area contributed by atoms with Gasteiger partial charge >= 0.3 is 5.97 Å². The third-order valence-electron chi connectivity index (χ3n) is 4.66. The number of hydrogen-bond acceptors (Lipinski definition) is 4. The summed E-state index contributed by atoms with van der Waals surface area (Å²) in [6.07, 6.45) is 0.716. The summed E-state index contributed by atoms with van der Waals surface area (Å²) in [7, 11) is 1.44. The van der Waals surface area contributed by atoms with Crippen LogP contribution in [0.15, 0.2) is 40.9 Å². The second-order valence-corrected chi connectivity index (χ2v) is 8.05. The summed E-state index contributed by atoms with van der Waals surface area (Å²) in [5.74, 6) is -1.33. The Hall–Kier alpha value is -2.81. The van der Waals surface area contributed by atoms with Crippen molar-refractivity contribution < 1.29 is 18.7 Å². The molecule has 0 radical (unpaired) electrons. The predicted octanol–water partition coefficient (Wildman–Crippen LogP) is 4.93. The van der Waals surface area contributed by atoms with Crippen molar-refractivity contribution in [1.82, 2.24) is 5.32 Å². The van der Waals surface area contributed by atoms with E-state index in [1.165, 1.54) is 19.2 Å². The van der Waals surface area contributed by atoms with Crippen molar-refractivity contribution in [3.63, 3.8) is 0 Å². The lowest BCUT2D eigenvalue weighted by Crippen LogP contribution is -2.29. The molecule has 1 unspecified atom stereocenters. The summed E-state index contributed by atoms with van der Waals surface area (Å²) in [5.41, 5.74) is 2.55. The van der Waals surface area contributed by atoms with Gasteiger partial charge in [-0.3, -0.25) is 0 Å². The summed E-state index contributed by atoms with van der Waals surface area (Å²) >= 11 is 0. The number of rotatable bonds is 5. The first kappa shape index (κ1) is 21.5. The van der Waals surface area contributed by atoms with E-state index in [0.717, 1.165) is 0 Å². The molecule has 2 rings (SSSR count). The molecule has 0 saturated carbocycles. The maximum Gasteiger partial charge on any atom is 0.335 e. The summed E-state index contributed by atoms with van der Waals surface area (Å²) in [4.78, 5) is 16.6. The smallest absolute Gasteiger partial charge is 0.335 e. The first-order chi connectivity index (χ1) is 13.1. The lowest BCUT2D eigenvalue weighted by Gasteiger charge is -2.29. The molecule has 1 heterocycles. The number of ether oxygens (including phenoxy) is 2. The molecule has 0 fully saturated rings. The van der Waals surface area contributed by atoms with Gasteiger partial charge in [-0.25, -0.2) is 14.0 Å². The standard InChI is InChI=1S/C22H27FN2O3/c1-13-18(21(26)28-11-10-22(3,4)5)19(20(24-6)14(2)25-13)16-9-8-15(23)12-17(16)27-7/h8-9,12,19,25H,10-11H2,1-5,7H3. The fourth-order valence-electron chi connectivity index (χ4n) is 3.16. The van der Waals surface area contributed by atoms with E-state index < -0.39 is 17.7 Å². The van der Waals surface area contributed by atoms with Crippen molar-refractivity contribution in [1.29, 1.82) is 0 Å². The van der Waals surface area contributed by atoms with E-state index >= 15 is 0 Å². The maximum absolute atomic E-state index is 13.7. The summed E-state index contributed by atoms with van der Waals surface area (Å²) in [5, 5.41) is 3.10. The van der Waals surface area contributed by atoms with Gasteiger partial charge in [-0.1, -0.05) is 26.8 Å². The highest BCUT2D eigenvalue weighted by Crippen LogP contribution is 2.43. The number of carbonyl (C=O) groups is 1. The molecule has 1 atom stereocenters. The van der Waals surface area contributed by atoms with Gasteiger partial charge in [0.1, 0.15) is 11.6 Å². The van der Waals surface area contributed by atoms with E-state index in [-0.39, 0.29) is 17.8 Å². The van der Waals surface area contributed by atoms with Gasteiger partial charge in [0.25, 0.3) is 0 Å². The number of benzene rings is 1. The van der Waals surface area contributed by atoms with Gasteiger partial charge in [0.2, 0.25) is 0 Å². The van der Waals surface area contributed by atoms with Crippen LogP contribution in [0, 0.1) is 17.8 Å². The molecule has 0 aliphatic carbocycles. The summed E-state index contributed by atoms with van der Waals surface area (Å²) in [6.45, 7) is 17.7. The lowest BCUT2D eigenvalue weighted by molar-refractivity contribution is -0.140. The molecule has 1 aromatic carbocycles. The number of halogens is 1. The van der Waals surface area contributed by atoms with E-state index in [4.69, 9.17) is 16.0 Å². The first-order valence-corrected chi connectivity index (χ1v) is 9.15. The normalized spacial score (nSPS) is 17.1. The Morgan fingerprint density at radius 2 is 1.96 bits per heavy atom. The van der Waals surface area contributed by atoms with Crippen molar-refractivity contribution >= 4 is 5.97 Å². The van der Waals surface area contributed by atoms with Crippen LogP contribution in [0.4, 0.5) is 4.39 Å². The van der Waals surface area contributed by atoms with Crippen LogP contribution in [-0.2, 0) is 9.53 Å². The number of nitrogens with one attached hydrogen (secondary N) is 1. The van der Waals surface area contributed by atoms with Crippen LogP contribution in [0.5, 0.6) is 5.75 Å². The highest BCUT2D eigenvalue weighted by atomic mass is 19.1. The third kappa shape index (κ3) is 4.72. The zero-order valence-electron chi connectivity index (χ0n) is 17.3. The zero-order chi connectivity index (χ0) is 21.1. The number of nitrogens with zero attached hydrogens (tertiary/aromatic N) is 1. The van der Waals surface area contributed by atoms with Gasteiger partial charge in [0.15, 0.2) is 5.70 Å². The molecule has 28 heavy (non-hydrogen) atoms. The molecule has 6 heteroatoms. The average Bonchev–Trinajstić information content (AvgIpc) is 2.59. The fraction of sp³-hybridized carbons (Fsp3) is 0.455. The molecular weight excluding hydrogens is 359 g/mol. The molecule has 1 N–H and O–H groups in total. The van der Waals surface area contributed by atoms with E-state index in [1.807, 2.05) is 0 Å². The molecule has 0 spiro atoms. The lowest BCUT2D eigenvalue weighted by atomic mass is 9.83. The van der Waals surface area contributed by atoms with Crippen LogP contribution in [0.2, 0.25) is 0 Å². The Kier molecular flexibility index (Phi) is 6.50. The van der Waals surface area contributed by atoms with Crippen LogP contribution in [-0.4, -0.2) is 19.7 Å².